The minimum atomic E-state index is -3.25. The second kappa shape index (κ2) is 8.39. The number of fused-ring (bicyclic) bond motifs is 5. The molecule has 0 N–H and O–H groups in total. The Morgan fingerprint density at radius 3 is 2.39 bits per heavy atom. The van der Waals surface area contributed by atoms with E-state index < -0.39 is 26.9 Å². The summed E-state index contributed by atoms with van der Waals surface area (Å²) in [5, 5.41) is 8.83. The van der Waals surface area contributed by atoms with Crippen LogP contribution in [0.25, 0.3) is 22.5 Å². The summed E-state index contributed by atoms with van der Waals surface area (Å²) in [6.07, 6.45) is 9.20. The average Bonchev–Trinajstić information content (AvgIpc) is 3.24. The lowest BCUT2D eigenvalue weighted by Gasteiger charge is -2.37. The predicted molar refractivity (Wildman–Crippen MR) is 136 cm³/mol. The molecule has 11 heteroatoms. The lowest BCUT2D eigenvalue weighted by Crippen LogP contribution is -2.38. The third-order valence-electron chi connectivity index (χ3n) is 8.07. The van der Waals surface area contributed by atoms with E-state index in [1.807, 2.05) is 0 Å². The highest BCUT2D eigenvalue weighted by Crippen LogP contribution is 2.69. The van der Waals surface area contributed by atoms with Crippen LogP contribution < -0.4 is 0 Å². The Kier molecular flexibility index (Phi) is 5.43. The smallest absolute Gasteiger partial charge is 0.154 e. The Morgan fingerprint density at radius 1 is 1.00 bits per heavy atom. The van der Waals surface area contributed by atoms with Gasteiger partial charge in [-0.05, 0) is 47.9 Å². The van der Waals surface area contributed by atoms with Gasteiger partial charge in [0.2, 0.25) is 0 Å². The van der Waals surface area contributed by atoms with E-state index in [1.165, 1.54) is 18.2 Å². The van der Waals surface area contributed by atoms with Gasteiger partial charge in [0, 0.05) is 30.4 Å². The Morgan fingerprint density at radius 2 is 1.71 bits per heavy atom. The summed E-state index contributed by atoms with van der Waals surface area (Å²) >= 11 is 0. The van der Waals surface area contributed by atoms with Gasteiger partial charge in [-0.2, -0.15) is 5.10 Å². The van der Waals surface area contributed by atoms with Crippen molar-refractivity contribution >= 4 is 9.84 Å². The topological polar surface area (TPSA) is 111 Å². The first-order valence-electron chi connectivity index (χ1n) is 12.2. The summed E-state index contributed by atoms with van der Waals surface area (Å²) in [4.78, 5) is 17.8. The first-order valence-corrected chi connectivity index (χ1v) is 14.2. The van der Waals surface area contributed by atoms with Crippen molar-refractivity contribution in [3.05, 3.63) is 83.5 Å². The van der Waals surface area contributed by atoms with E-state index in [0.717, 1.165) is 36.0 Å². The molecule has 2 atom stereocenters. The molecule has 2 aliphatic rings. The molecule has 4 aromatic rings. The zero-order chi connectivity index (χ0) is 26.9. The summed E-state index contributed by atoms with van der Waals surface area (Å²) in [7, 11) is -3.25. The lowest BCUT2D eigenvalue weighted by atomic mass is 9.66. The van der Waals surface area contributed by atoms with Gasteiger partial charge in [-0.25, -0.2) is 32.2 Å². The minimum Gasteiger partial charge on any atom is -0.261 e. The van der Waals surface area contributed by atoms with Crippen LogP contribution in [-0.2, 0) is 21.0 Å². The highest BCUT2D eigenvalue weighted by atomic mass is 32.2. The molecule has 3 aromatic heterocycles. The van der Waals surface area contributed by atoms with Gasteiger partial charge < -0.3 is 0 Å². The summed E-state index contributed by atoms with van der Waals surface area (Å²) in [6, 6.07) is 5.51. The van der Waals surface area contributed by atoms with Crippen molar-refractivity contribution in [2.75, 3.05) is 6.26 Å². The van der Waals surface area contributed by atoms with Crippen LogP contribution in [0.15, 0.2) is 49.1 Å². The summed E-state index contributed by atoms with van der Waals surface area (Å²) in [5.41, 5.74) is 2.65. The maximum Gasteiger partial charge on any atom is 0.154 e. The Balaban J connectivity index is 1.43. The van der Waals surface area contributed by atoms with E-state index >= 15 is 0 Å². The van der Waals surface area contributed by atoms with Gasteiger partial charge in [0.05, 0.1) is 40.0 Å². The van der Waals surface area contributed by atoms with Crippen LogP contribution >= 0.6 is 0 Å². The highest BCUT2D eigenvalue weighted by Gasteiger charge is 2.65. The fraction of sp³-hybridized carbons (Fsp3) is 0.333. The third kappa shape index (κ3) is 3.63. The van der Waals surface area contributed by atoms with Gasteiger partial charge in [0.15, 0.2) is 9.84 Å². The molecule has 194 valence electrons. The van der Waals surface area contributed by atoms with Crippen LogP contribution in [0.1, 0.15) is 55.4 Å². The maximum absolute atomic E-state index is 14.5. The van der Waals surface area contributed by atoms with E-state index in [4.69, 9.17) is 4.98 Å². The molecule has 2 bridgehead atoms. The van der Waals surface area contributed by atoms with Gasteiger partial charge in [-0.3, -0.25) is 4.98 Å². The van der Waals surface area contributed by atoms with E-state index in [0.29, 0.717) is 11.3 Å². The monoisotopic (exact) mass is 534 g/mol. The summed E-state index contributed by atoms with van der Waals surface area (Å²) < 4.78 is 52.2. The van der Waals surface area contributed by atoms with Gasteiger partial charge in [0.25, 0.3) is 0 Å². The van der Waals surface area contributed by atoms with Gasteiger partial charge in [0.1, 0.15) is 23.2 Å². The normalized spacial score (nSPS) is 21.4. The first kappa shape index (κ1) is 24.6. The Labute approximate surface area is 218 Å². The number of halogens is 2. The van der Waals surface area contributed by atoms with Crippen molar-refractivity contribution in [3.8, 4) is 22.5 Å². The number of sulfone groups is 1. The molecule has 3 heterocycles. The molecule has 0 radical (unpaired) electrons. The lowest BCUT2D eigenvalue weighted by molar-refractivity contribution is 0.242. The molecule has 0 amide bonds. The van der Waals surface area contributed by atoms with Crippen molar-refractivity contribution in [1.82, 2.24) is 30.1 Å². The maximum atomic E-state index is 14.5. The molecule has 1 fully saturated rings. The van der Waals surface area contributed by atoms with Gasteiger partial charge in [-0.1, -0.05) is 19.9 Å². The fourth-order valence-corrected chi connectivity index (χ4v) is 6.88. The molecular weight excluding hydrogens is 510 g/mol. The van der Waals surface area contributed by atoms with E-state index in [2.05, 4.69) is 39.0 Å². The predicted octanol–water partition coefficient (Wildman–Crippen LogP) is 4.42. The van der Waals surface area contributed by atoms with Gasteiger partial charge in [-0.15, -0.1) is 5.10 Å². The Hall–Kier alpha value is -3.73. The molecule has 2 aliphatic carbocycles. The van der Waals surface area contributed by atoms with E-state index in [-0.39, 0.29) is 34.2 Å². The standard InChI is InChI=1S/C27H24F2N6O2S/c1-26(2)17-7-8-27(26,25-16(17)9-20(34-35-25)24-18(28)5-4-6-19(24)29)22-13-30-12-21(33-22)15-10-31-23(32-11-15)14-38(3,36)37/h4-6,9-13,17H,7-8,14H2,1-3H3/t17-,27-/m0/s1. The van der Waals surface area contributed by atoms with E-state index in [9.17, 15) is 17.2 Å². The highest BCUT2D eigenvalue weighted by molar-refractivity contribution is 7.89. The largest absolute Gasteiger partial charge is 0.261 e. The second-order valence-electron chi connectivity index (χ2n) is 10.6. The molecule has 1 aromatic carbocycles. The molecule has 1 saturated carbocycles. The summed E-state index contributed by atoms with van der Waals surface area (Å²) in [5.74, 6) is -1.29. The van der Waals surface area contributed by atoms with Crippen LogP contribution in [-0.4, -0.2) is 44.8 Å². The van der Waals surface area contributed by atoms with Crippen LogP contribution in [0.4, 0.5) is 8.78 Å². The number of hydrogen-bond donors (Lipinski definition) is 0. The van der Waals surface area contributed by atoms with Gasteiger partial charge >= 0.3 is 0 Å². The average molecular weight is 535 g/mol. The van der Waals surface area contributed by atoms with Crippen molar-refractivity contribution in [2.24, 2.45) is 5.41 Å². The molecule has 6 rings (SSSR count). The molecule has 0 saturated heterocycles. The van der Waals surface area contributed by atoms with Crippen LogP contribution in [0.2, 0.25) is 0 Å². The van der Waals surface area contributed by atoms with E-state index in [1.54, 1.807) is 30.9 Å². The number of hydrogen-bond acceptors (Lipinski definition) is 8. The SMILES string of the molecule is CC1(C)[C@H]2CC[C@]1(c1cncc(-c3cnc(CS(C)(=O)=O)nc3)n1)c1nnc(-c3c(F)cccc3F)cc12. The van der Waals surface area contributed by atoms with Crippen LogP contribution in [0.3, 0.4) is 0 Å². The Bertz CT molecular complexity index is 1670. The molecule has 8 nitrogen and oxygen atoms in total. The third-order valence-corrected chi connectivity index (χ3v) is 8.85. The quantitative estimate of drug-likeness (QED) is 0.370. The molecule has 38 heavy (non-hydrogen) atoms. The van der Waals surface area contributed by atoms with Crippen LogP contribution in [0.5, 0.6) is 0 Å². The molecular formula is C27H24F2N6O2S. The number of nitrogens with zero attached hydrogens (tertiary/aromatic N) is 6. The minimum absolute atomic E-state index is 0.102. The number of rotatable bonds is 5. The van der Waals surface area contributed by atoms with Crippen molar-refractivity contribution in [2.45, 2.75) is 43.8 Å². The number of benzene rings is 1. The van der Waals surface area contributed by atoms with Crippen molar-refractivity contribution in [1.29, 1.82) is 0 Å². The number of aromatic nitrogens is 6. The first-order chi connectivity index (χ1) is 18.0. The van der Waals surface area contributed by atoms with Crippen LogP contribution in [0, 0.1) is 17.0 Å². The molecule has 0 aliphatic heterocycles. The second-order valence-corrected chi connectivity index (χ2v) is 12.7. The fourth-order valence-electron chi connectivity index (χ4n) is 6.26. The van der Waals surface area contributed by atoms with Crippen molar-refractivity contribution in [3.63, 3.8) is 0 Å². The molecule has 0 unspecified atom stereocenters. The molecule has 0 spiro atoms. The zero-order valence-electron chi connectivity index (χ0n) is 21.0. The zero-order valence-corrected chi connectivity index (χ0v) is 21.8. The van der Waals surface area contributed by atoms with Crippen molar-refractivity contribution < 1.29 is 17.2 Å². The summed E-state index contributed by atoms with van der Waals surface area (Å²) in [6.45, 7) is 4.32.